The molecule has 0 N–H and O–H groups in total. The molecule has 0 aromatic heterocycles. The molecule has 0 radical (unpaired) electrons. The molecule has 0 aromatic carbocycles. The quantitative estimate of drug-likeness (QED) is 0.0736. The van der Waals surface area contributed by atoms with E-state index in [2.05, 4.69) is 130 Å². The molecule has 0 bridgehead atoms. The van der Waals surface area contributed by atoms with Crippen molar-refractivity contribution in [2.24, 2.45) is 16.7 Å². The summed E-state index contributed by atoms with van der Waals surface area (Å²) < 4.78 is 11.0. The average molecular weight is 861 g/mol. The van der Waals surface area contributed by atoms with E-state index in [4.69, 9.17) is 9.47 Å². The van der Waals surface area contributed by atoms with Gasteiger partial charge in [-0.25, -0.2) is 0 Å². The normalized spacial score (nSPS) is 22.9. The van der Waals surface area contributed by atoms with Crippen LogP contribution in [0.3, 0.4) is 0 Å². The van der Waals surface area contributed by atoms with Gasteiger partial charge < -0.3 is 9.47 Å². The lowest BCUT2D eigenvalue weighted by atomic mass is 9.50. The highest BCUT2D eigenvalue weighted by Gasteiger charge is 2.70. The zero-order valence-electron chi connectivity index (χ0n) is 42.4. The van der Waals surface area contributed by atoms with E-state index in [1.807, 2.05) is 6.92 Å². The van der Waals surface area contributed by atoms with Gasteiger partial charge in [-0.1, -0.05) is 123 Å². The Morgan fingerprint density at radius 1 is 0.492 bits per heavy atom. The highest BCUT2D eigenvalue weighted by molar-refractivity contribution is 6.16. The van der Waals surface area contributed by atoms with Crippen LogP contribution >= 0.6 is 0 Å². The SMILES string of the molecule is COC1=C(OC)C(=O)[C@@]2(C)[C@H]3CC3=CC[C@@]2(CC=C(C)CCC=C(C)CCC=C(C)CCC=C(C)CCC=C(C)CCC=C(C)CCC=C(C)CCC=C(C)CCC=C(C)C)C1=O. The van der Waals surface area contributed by atoms with Crippen molar-refractivity contribution >= 4 is 11.6 Å². The second-order valence-corrected chi connectivity index (χ2v) is 19.9. The summed E-state index contributed by atoms with van der Waals surface area (Å²) in [7, 11) is 2.92. The van der Waals surface area contributed by atoms with Gasteiger partial charge in [0, 0.05) is 0 Å². The fourth-order valence-corrected chi connectivity index (χ4v) is 9.53. The minimum Gasteiger partial charge on any atom is -0.490 e. The Bertz CT molecular complexity index is 1920. The number of carbonyl (C=O) groups is 2. The van der Waals surface area contributed by atoms with E-state index < -0.39 is 10.8 Å². The molecule has 0 aromatic rings. The Kier molecular flexibility index (Phi) is 22.7. The monoisotopic (exact) mass is 861 g/mol. The van der Waals surface area contributed by atoms with Crippen molar-refractivity contribution in [1.29, 1.82) is 0 Å². The molecule has 0 amide bonds. The lowest BCUT2D eigenvalue weighted by molar-refractivity contribution is -0.154. The van der Waals surface area contributed by atoms with Crippen LogP contribution in [-0.2, 0) is 19.1 Å². The summed E-state index contributed by atoms with van der Waals surface area (Å²) in [5.41, 5.74) is 12.8. The van der Waals surface area contributed by atoms with Gasteiger partial charge >= 0.3 is 0 Å². The molecular weight excluding hydrogens is 773 g/mol. The Morgan fingerprint density at radius 3 is 1.11 bits per heavy atom. The highest BCUT2D eigenvalue weighted by Crippen LogP contribution is 2.68. The first-order valence-corrected chi connectivity index (χ1v) is 24.5. The van der Waals surface area contributed by atoms with E-state index in [9.17, 15) is 9.59 Å². The van der Waals surface area contributed by atoms with Crippen LogP contribution in [0, 0.1) is 16.7 Å². The molecule has 3 rings (SSSR count). The molecule has 0 aliphatic heterocycles. The number of hydrogen-bond donors (Lipinski definition) is 0. The minimum absolute atomic E-state index is 0.0808. The first-order chi connectivity index (χ1) is 30.0. The molecular formula is C59H88O4. The number of allylic oxidation sites excluding steroid dienone is 22. The Morgan fingerprint density at radius 2 is 0.794 bits per heavy atom. The molecule has 3 aliphatic rings. The molecule has 0 spiro atoms. The second-order valence-electron chi connectivity index (χ2n) is 19.9. The number of carbonyl (C=O) groups excluding carboxylic acids is 2. The lowest BCUT2D eigenvalue weighted by Gasteiger charge is -2.50. The second kappa shape index (κ2) is 26.8. The summed E-state index contributed by atoms with van der Waals surface area (Å²) in [6, 6.07) is 0. The van der Waals surface area contributed by atoms with Crippen LogP contribution < -0.4 is 0 Å². The lowest BCUT2D eigenvalue weighted by Crippen LogP contribution is -2.57. The number of rotatable bonds is 28. The predicted molar refractivity (Wildman–Crippen MR) is 270 cm³/mol. The number of Topliss-reactive ketones (excluding diaryl/α,β-unsaturated/α-hetero) is 2. The largest absolute Gasteiger partial charge is 0.490 e. The third-order valence-electron chi connectivity index (χ3n) is 14.2. The topological polar surface area (TPSA) is 52.6 Å². The van der Waals surface area contributed by atoms with Crippen molar-refractivity contribution in [3.05, 3.63) is 128 Å². The van der Waals surface area contributed by atoms with Crippen molar-refractivity contribution in [2.45, 2.75) is 198 Å². The van der Waals surface area contributed by atoms with Crippen molar-refractivity contribution in [3.63, 3.8) is 0 Å². The smallest absolute Gasteiger partial charge is 0.209 e. The van der Waals surface area contributed by atoms with Gasteiger partial charge in [0.05, 0.1) is 25.0 Å². The van der Waals surface area contributed by atoms with Crippen LogP contribution in [0.4, 0.5) is 0 Å². The van der Waals surface area contributed by atoms with Crippen LogP contribution in [-0.4, -0.2) is 25.8 Å². The zero-order valence-corrected chi connectivity index (χ0v) is 42.4. The minimum atomic E-state index is -0.831. The van der Waals surface area contributed by atoms with Gasteiger partial charge in [-0.2, -0.15) is 0 Å². The summed E-state index contributed by atoms with van der Waals surface area (Å²) in [6.45, 7) is 24.4. The highest BCUT2D eigenvalue weighted by atomic mass is 16.5. The Balaban J connectivity index is 1.31. The van der Waals surface area contributed by atoms with E-state index in [1.165, 1.54) is 82.8 Å². The Labute approximate surface area is 386 Å². The average Bonchev–Trinajstić information content (AvgIpc) is 4.03. The van der Waals surface area contributed by atoms with Crippen LogP contribution in [0.25, 0.3) is 0 Å². The molecule has 0 saturated heterocycles. The first-order valence-electron chi connectivity index (χ1n) is 24.5. The molecule has 3 aliphatic carbocycles. The fraction of sp³-hybridized carbons (Fsp3) is 0.593. The van der Waals surface area contributed by atoms with Crippen molar-refractivity contribution < 1.29 is 19.1 Å². The molecule has 4 nitrogen and oxygen atoms in total. The van der Waals surface area contributed by atoms with Crippen LogP contribution in [0.2, 0.25) is 0 Å². The summed E-state index contributed by atoms with van der Waals surface area (Å²) in [6.07, 6.45) is 43.6. The molecule has 1 saturated carbocycles. The standard InChI is InChI=1S/C59H88O4/c1-43(2)22-14-23-44(3)24-15-25-45(4)26-16-27-46(5)28-17-29-47(6)30-18-31-48(7)32-19-33-49(8)34-20-35-50(9)36-21-37-51(10)38-40-59-41-39-52-42-53(52)58(59,11)56(60)54(62-12)55(63-13)57(59)61/h22,24,26,28,30,32,34,36,38-39,53H,14-21,23,25,27,29,31,33,35,37,40-42H2,1-13H3/t53-,58+,59-/m0/s1. The van der Waals surface area contributed by atoms with Crippen LogP contribution in [0.5, 0.6) is 0 Å². The van der Waals surface area contributed by atoms with Gasteiger partial charge in [0.2, 0.25) is 23.1 Å². The third-order valence-corrected chi connectivity index (χ3v) is 14.2. The summed E-state index contributed by atoms with van der Waals surface area (Å²) in [5, 5.41) is 0. The molecule has 4 heteroatoms. The first kappa shape index (κ1) is 53.4. The summed E-state index contributed by atoms with van der Waals surface area (Å²) in [5.74, 6) is 0.0980. The summed E-state index contributed by atoms with van der Waals surface area (Å²) in [4.78, 5) is 27.9. The van der Waals surface area contributed by atoms with Gasteiger partial charge in [0.15, 0.2) is 0 Å². The Hall–Kier alpha value is -3.92. The van der Waals surface area contributed by atoms with E-state index >= 15 is 0 Å². The van der Waals surface area contributed by atoms with Gasteiger partial charge in [0.1, 0.15) is 0 Å². The maximum Gasteiger partial charge on any atom is 0.209 e. The number of fused-ring (bicyclic) bond motifs is 3. The van der Waals surface area contributed by atoms with Gasteiger partial charge in [-0.3, -0.25) is 9.59 Å². The van der Waals surface area contributed by atoms with Crippen LogP contribution in [0.1, 0.15) is 198 Å². The third kappa shape index (κ3) is 16.5. The van der Waals surface area contributed by atoms with E-state index in [0.717, 1.165) is 96.3 Å². The molecule has 348 valence electrons. The van der Waals surface area contributed by atoms with Gasteiger partial charge in [0.25, 0.3) is 0 Å². The van der Waals surface area contributed by atoms with Crippen LogP contribution in [0.15, 0.2) is 128 Å². The number of hydrogen-bond acceptors (Lipinski definition) is 4. The number of methoxy groups -OCH3 is 2. The summed E-state index contributed by atoms with van der Waals surface area (Å²) >= 11 is 0. The van der Waals surface area contributed by atoms with E-state index in [0.29, 0.717) is 12.8 Å². The fourth-order valence-electron chi connectivity index (χ4n) is 9.53. The maximum atomic E-state index is 14.0. The van der Waals surface area contributed by atoms with E-state index in [-0.39, 0.29) is 29.0 Å². The molecule has 1 fully saturated rings. The zero-order chi connectivity index (χ0) is 46.6. The van der Waals surface area contributed by atoms with E-state index in [1.54, 1.807) is 0 Å². The maximum absolute atomic E-state index is 14.0. The molecule has 3 atom stereocenters. The molecule has 63 heavy (non-hydrogen) atoms. The predicted octanol–water partition coefficient (Wildman–Crippen LogP) is 17.2. The molecule has 0 heterocycles. The van der Waals surface area contributed by atoms with Crippen molar-refractivity contribution in [1.82, 2.24) is 0 Å². The van der Waals surface area contributed by atoms with Crippen molar-refractivity contribution in [2.75, 3.05) is 14.2 Å². The van der Waals surface area contributed by atoms with Gasteiger partial charge in [-0.05, 0) is 197 Å². The van der Waals surface area contributed by atoms with Crippen molar-refractivity contribution in [3.8, 4) is 0 Å². The number of ether oxygens (including phenoxy) is 2. The number of ketones is 2. The van der Waals surface area contributed by atoms with Gasteiger partial charge in [-0.15, -0.1) is 0 Å². The molecule has 0 unspecified atom stereocenters.